The Labute approximate surface area is 203 Å². The van der Waals surface area contributed by atoms with Gasteiger partial charge in [0.1, 0.15) is 0 Å². The molecule has 3 aromatic carbocycles. The van der Waals surface area contributed by atoms with Gasteiger partial charge in [-0.1, -0.05) is 78.1 Å². The van der Waals surface area contributed by atoms with E-state index >= 15 is 0 Å². The van der Waals surface area contributed by atoms with E-state index in [0.717, 1.165) is 39.0 Å². The quantitative estimate of drug-likeness (QED) is 0.329. The predicted octanol–water partition coefficient (Wildman–Crippen LogP) is 4.92. The van der Waals surface area contributed by atoms with Gasteiger partial charge in [0.05, 0.1) is 16.3 Å². The van der Waals surface area contributed by atoms with E-state index in [4.69, 9.17) is 4.99 Å². The molecule has 0 saturated heterocycles. The molecule has 0 spiro atoms. The summed E-state index contributed by atoms with van der Waals surface area (Å²) in [5.41, 5.74) is 7.01. The maximum atomic E-state index is 13.6. The van der Waals surface area contributed by atoms with Crippen molar-refractivity contribution in [2.75, 3.05) is 0 Å². The van der Waals surface area contributed by atoms with Crippen molar-refractivity contribution in [1.82, 2.24) is 4.57 Å². The molecule has 1 atom stereocenters. The minimum atomic E-state index is -0.116. The molecule has 2 aliphatic rings. The Balaban J connectivity index is 1.62. The lowest BCUT2D eigenvalue weighted by Gasteiger charge is -2.30. The molecule has 0 saturated carbocycles. The Morgan fingerprint density at radius 3 is 2.50 bits per heavy atom. The number of nitrogens with zero attached hydrogens (tertiary/aromatic N) is 2. The Bertz CT molecular complexity index is 1550. The van der Waals surface area contributed by atoms with Gasteiger partial charge in [-0.15, -0.1) is 0 Å². The summed E-state index contributed by atoms with van der Waals surface area (Å²) >= 11 is 3.78. The highest BCUT2D eigenvalue weighted by atomic mass is 127. The molecule has 0 radical (unpaired) electrons. The van der Waals surface area contributed by atoms with Gasteiger partial charge in [-0.3, -0.25) is 9.36 Å². The highest BCUT2D eigenvalue weighted by molar-refractivity contribution is 14.1. The molecule has 0 N–H and O–H groups in total. The molecule has 6 rings (SSSR count). The summed E-state index contributed by atoms with van der Waals surface area (Å²) in [5.74, 6) is 0. The molecule has 2 heterocycles. The lowest BCUT2D eigenvalue weighted by molar-refractivity contribution is 0.585. The van der Waals surface area contributed by atoms with Crippen LogP contribution in [0.3, 0.4) is 0 Å². The lowest BCUT2D eigenvalue weighted by Crippen LogP contribution is -2.38. The fraction of sp³-hybridized carbons (Fsp3) is 0.111. The molecule has 0 amide bonds. The normalized spacial score (nSPS) is 17.4. The number of fused-ring (bicyclic) bond motifs is 3. The maximum Gasteiger partial charge on any atom is 0.271 e. The first-order chi connectivity index (χ1) is 15.7. The van der Waals surface area contributed by atoms with Crippen LogP contribution in [0.2, 0.25) is 0 Å². The van der Waals surface area contributed by atoms with Gasteiger partial charge in [-0.25, -0.2) is 4.99 Å². The highest BCUT2D eigenvalue weighted by Gasteiger charge is 2.32. The summed E-state index contributed by atoms with van der Waals surface area (Å²) in [5, 5.41) is 0. The van der Waals surface area contributed by atoms with E-state index in [1.54, 1.807) is 0 Å². The molecule has 1 aromatic heterocycles. The number of allylic oxidation sites excluding steroid dienone is 1. The second kappa shape index (κ2) is 7.98. The highest BCUT2D eigenvalue weighted by Crippen LogP contribution is 2.41. The predicted molar refractivity (Wildman–Crippen MR) is 138 cm³/mol. The number of aryl methyl sites for hydroxylation is 1. The summed E-state index contributed by atoms with van der Waals surface area (Å²) in [6.45, 7) is 0. The molecular weight excluding hydrogens is 527 g/mol. The zero-order chi connectivity index (χ0) is 21.7. The van der Waals surface area contributed by atoms with Gasteiger partial charge >= 0.3 is 0 Å². The average molecular weight is 546 g/mol. The van der Waals surface area contributed by atoms with Gasteiger partial charge < -0.3 is 0 Å². The Kier molecular flexibility index (Phi) is 4.96. The molecular formula is C27H19IN2OS. The van der Waals surface area contributed by atoms with Crippen LogP contribution in [0.25, 0.3) is 11.8 Å². The number of rotatable bonds is 2. The van der Waals surface area contributed by atoms with Crippen LogP contribution in [0.4, 0.5) is 0 Å². The molecule has 3 nitrogen and oxygen atoms in total. The number of aromatic nitrogens is 1. The largest absolute Gasteiger partial charge is 0.272 e. The van der Waals surface area contributed by atoms with Gasteiger partial charge in [0.2, 0.25) is 0 Å². The van der Waals surface area contributed by atoms with Gasteiger partial charge in [0.25, 0.3) is 5.56 Å². The number of hydrogen-bond acceptors (Lipinski definition) is 3. The van der Waals surface area contributed by atoms with Crippen LogP contribution in [0.15, 0.2) is 94.2 Å². The molecule has 1 aliphatic heterocycles. The number of hydrogen-bond donors (Lipinski definition) is 0. The summed E-state index contributed by atoms with van der Waals surface area (Å²) < 4.78 is 3.81. The smallest absolute Gasteiger partial charge is 0.271 e. The monoisotopic (exact) mass is 546 g/mol. The first kappa shape index (κ1) is 19.9. The summed E-state index contributed by atoms with van der Waals surface area (Å²) in [4.78, 5) is 19.5. The minimum Gasteiger partial charge on any atom is -0.272 e. The third-order valence-corrected chi connectivity index (χ3v) is 7.86. The van der Waals surface area contributed by atoms with E-state index in [1.165, 1.54) is 31.6 Å². The van der Waals surface area contributed by atoms with Crippen LogP contribution < -0.4 is 14.9 Å². The van der Waals surface area contributed by atoms with Crippen molar-refractivity contribution in [3.8, 4) is 0 Å². The molecule has 0 unspecified atom stereocenters. The van der Waals surface area contributed by atoms with Crippen LogP contribution >= 0.6 is 33.9 Å². The van der Waals surface area contributed by atoms with Crippen LogP contribution in [-0.2, 0) is 6.42 Å². The van der Waals surface area contributed by atoms with Gasteiger partial charge in [0, 0.05) is 9.13 Å². The van der Waals surface area contributed by atoms with E-state index in [0.29, 0.717) is 0 Å². The van der Waals surface area contributed by atoms with Crippen molar-refractivity contribution in [2.45, 2.75) is 18.9 Å². The molecule has 5 heteroatoms. The van der Waals surface area contributed by atoms with Gasteiger partial charge in [-0.05, 0) is 75.9 Å². The zero-order valence-electron chi connectivity index (χ0n) is 17.2. The molecule has 1 aliphatic carbocycles. The number of benzene rings is 3. The van der Waals surface area contributed by atoms with Crippen LogP contribution in [0.1, 0.15) is 34.7 Å². The van der Waals surface area contributed by atoms with Crippen molar-refractivity contribution in [3.05, 3.63) is 130 Å². The fourth-order valence-corrected chi connectivity index (χ4v) is 6.03. The van der Waals surface area contributed by atoms with Crippen molar-refractivity contribution in [1.29, 1.82) is 0 Å². The van der Waals surface area contributed by atoms with Crippen LogP contribution in [0.5, 0.6) is 0 Å². The molecule has 32 heavy (non-hydrogen) atoms. The maximum absolute atomic E-state index is 13.6. The van der Waals surface area contributed by atoms with Crippen molar-refractivity contribution < 1.29 is 0 Å². The third kappa shape index (κ3) is 3.31. The first-order valence-electron chi connectivity index (χ1n) is 10.6. The summed E-state index contributed by atoms with van der Waals surface area (Å²) in [6.07, 6.45) is 3.87. The summed E-state index contributed by atoms with van der Waals surface area (Å²) in [7, 11) is 0. The Morgan fingerprint density at radius 1 is 0.938 bits per heavy atom. The van der Waals surface area contributed by atoms with E-state index in [-0.39, 0.29) is 11.6 Å². The average Bonchev–Trinajstić information content (AvgIpc) is 3.14. The number of thiazole rings is 1. The van der Waals surface area contributed by atoms with Crippen LogP contribution in [0, 0.1) is 3.57 Å². The van der Waals surface area contributed by atoms with Crippen molar-refractivity contribution >= 4 is 45.7 Å². The number of halogens is 1. The van der Waals surface area contributed by atoms with Gasteiger partial charge in [-0.2, -0.15) is 0 Å². The first-order valence-corrected chi connectivity index (χ1v) is 12.5. The summed E-state index contributed by atoms with van der Waals surface area (Å²) in [6, 6.07) is 27.0. The zero-order valence-corrected chi connectivity index (χ0v) is 20.1. The topological polar surface area (TPSA) is 34.4 Å². The second-order valence-corrected chi connectivity index (χ2v) is 10.3. The van der Waals surface area contributed by atoms with E-state index in [9.17, 15) is 4.79 Å². The standard InChI is InChI=1S/C27H19IN2OS/c28-20-13-10-17(11-14-20)16-23-26(31)30-25(19-7-2-1-3-8-19)22-15-12-18-6-4-5-9-21(18)24(22)29-27(30)32-23/h1-11,13-14,16,25H,12,15H2/b23-16-/t25-/m1/s1. The van der Waals surface area contributed by atoms with Gasteiger partial charge in [0.15, 0.2) is 4.80 Å². The Morgan fingerprint density at radius 2 is 1.69 bits per heavy atom. The van der Waals surface area contributed by atoms with Crippen molar-refractivity contribution in [3.63, 3.8) is 0 Å². The van der Waals surface area contributed by atoms with E-state index in [2.05, 4.69) is 83.3 Å². The van der Waals surface area contributed by atoms with Crippen molar-refractivity contribution in [2.24, 2.45) is 4.99 Å². The SMILES string of the molecule is O=c1/c(=C/c2ccc(I)cc2)sc2n1[C@H](c1ccccc1)C1=C(N=2)c2ccccc2CC1. The Hall–Kier alpha value is -2.77. The molecule has 4 aromatic rings. The van der Waals surface area contributed by atoms with E-state index in [1.807, 2.05) is 28.8 Å². The third-order valence-electron chi connectivity index (χ3n) is 6.16. The molecule has 0 bridgehead atoms. The second-order valence-electron chi connectivity index (χ2n) is 8.08. The fourth-order valence-electron chi connectivity index (χ4n) is 4.67. The lowest BCUT2D eigenvalue weighted by atomic mass is 9.83. The molecule has 0 fully saturated rings. The van der Waals surface area contributed by atoms with E-state index < -0.39 is 0 Å². The van der Waals surface area contributed by atoms with Crippen LogP contribution in [-0.4, -0.2) is 4.57 Å². The molecule has 156 valence electrons. The minimum absolute atomic E-state index is 0.0339.